The first-order valence-electron chi connectivity index (χ1n) is 14.0. The number of likely N-dealkylation sites (N-methyl/N-ethyl adjacent to an activating group) is 1. The van der Waals surface area contributed by atoms with Gasteiger partial charge in [0.05, 0.1) is 10.9 Å². The van der Waals surface area contributed by atoms with Gasteiger partial charge < -0.3 is 15.2 Å². The van der Waals surface area contributed by atoms with Crippen molar-refractivity contribution in [1.82, 2.24) is 19.4 Å². The molecule has 8 heteroatoms. The average Bonchev–Trinajstić information content (AvgIpc) is 2.95. The van der Waals surface area contributed by atoms with Gasteiger partial charge in [0.25, 0.3) is 11.5 Å². The van der Waals surface area contributed by atoms with Crippen LogP contribution < -0.4 is 16.6 Å². The lowest BCUT2D eigenvalue weighted by molar-refractivity contribution is 0.102. The Balaban J connectivity index is 1.32. The molecule has 1 aromatic heterocycles. The number of carbonyl (C=O) groups excluding carboxylic acids is 1. The predicted octanol–water partition coefficient (Wildman–Crippen LogP) is 4.47. The number of aromatic amines is 1. The number of unbranched alkanes of at least 4 members (excludes halogenated alkanes) is 1. The number of hydrogen-bond acceptors (Lipinski definition) is 5. The van der Waals surface area contributed by atoms with Gasteiger partial charge in [-0.25, -0.2) is 4.79 Å². The van der Waals surface area contributed by atoms with Crippen LogP contribution in [-0.4, -0.2) is 58.5 Å². The second-order valence-corrected chi connectivity index (χ2v) is 10.8. The van der Waals surface area contributed by atoms with Crippen LogP contribution in [0.15, 0.2) is 70.3 Å². The Labute approximate surface area is 234 Å². The van der Waals surface area contributed by atoms with Crippen LogP contribution in [0.25, 0.3) is 22.0 Å². The molecule has 2 N–H and O–H groups in total. The molecule has 1 fully saturated rings. The van der Waals surface area contributed by atoms with Gasteiger partial charge in [-0.15, -0.1) is 0 Å². The number of aromatic nitrogens is 2. The summed E-state index contributed by atoms with van der Waals surface area (Å²) in [5.41, 5.74) is 5.11. The van der Waals surface area contributed by atoms with Crippen LogP contribution in [0, 0.1) is 6.92 Å². The summed E-state index contributed by atoms with van der Waals surface area (Å²) in [4.78, 5) is 46.2. The summed E-state index contributed by atoms with van der Waals surface area (Å²) >= 11 is 0. The van der Waals surface area contributed by atoms with E-state index in [0.29, 0.717) is 28.7 Å². The third-order valence-electron chi connectivity index (χ3n) is 7.74. The molecule has 0 unspecified atom stereocenters. The molecule has 0 aliphatic carbocycles. The van der Waals surface area contributed by atoms with E-state index in [-0.39, 0.29) is 11.5 Å². The summed E-state index contributed by atoms with van der Waals surface area (Å²) in [5, 5.41) is 3.50. The molecule has 0 atom stereocenters. The van der Waals surface area contributed by atoms with Crippen molar-refractivity contribution in [3.63, 3.8) is 0 Å². The summed E-state index contributed by atoms with van der Waals surface area (Å²) < 4.78 is 1.27. The molecule has 1 aliphatic rings. The number of anilines is 1. The molecule has 8 nitrogen and oxygen atoms in total. The largest absolute Gasteiger partial charge is 0.328 e. The average molecular weight is 540 g/mol. The van der Waals surface area contributed by atoms with Crippen LogP contribution in [0.1, 0.15) is 41.3 Å². The number of aryl methyl sites for hydroxylation is 1. The normalized spacial score (nSPS) is 14.5. The lowest BCUT2D eigenvalue weighted by atomic mass is 9.98. The highest BCUT2D eigenvalue weighted by molar-refractivity contribution is 6.04. The van der Waals surface area contributed by atoms with Crippen molar-refractivity contribution in [1.29, 1.82) is 0 Å². The summed E-state index contributed by atoms with van der Waals surface area (Å²) in [5.74, 6) is -0.170. The molecule has 0 saturated carbocycles. The summed E-state index contributed by atoms with van der Waals surface area (Å²) in [6.45, 7) is 9.58. The van der Waals surface area contributed by atoms with Gasteiger partial charge in [-0.1, -0.05) is 37.6 Å². The fourth-order valence-electron chi connectivity index (χ4n) is 5.18. The van der Waals surface area contributed by atoms with Crippen molar-refractivity contribution < 1.29 is 4.79 Å². The number of piperazine rings is 1. The lowest BCUT2D eigenvalue weighted by Crippen LogP contribution is -2.43. The monoisotopic (exact) mass is 539 g/mol. The third-order valence-corrected chi connectivity index (χ3v) is 7.74. The van der Waals surface area contributed by atoms with E-state index >= 15 is 0 Å². The molecule has 3 aromatic carbocycles. The Bertz CT molecular complexity index is 1630. The zero-order chi connectivity index (χ0) is 28.2. The highest BCUT2D eigenvalue weighted by Gasteiger charge is 2.15. The first kappa shape index (κ1) is 27.6. The van der Waals surface area contributed by atoms with E-state index in [1.165, 1.54) is 10.1 Å². The standard InChI is InChI=1S/C32H37N5O3/c1-4-5-14-37-31(39)27-13-11-25(19-29(27)34-32(37)40)28-20-26(12-6-22(28)2)33-30(38)24-9-7-23(8-10-24)21-36-17-15-35(3)16-18-36/h6-13,19-20H,4-5,14-18,21H2,1-3H3,(H,33,38)(H,34,40). The Hall–Kier alpha value is -4.01. The molecule has 0 bridgehead atoms. The molecular weight excluding hydrogens is 502 g/mol. The minimum atomic E-state index is -0.393. The number of rotatable bonds is 8. The lowest BCUT2D eigenvalue weighted by Gasteiger charge is -2.32. The number of carbonyl (C=O) groups is 1. The predicted molar refractivity (Wildman–Crippen MR) is 161 cm³/mol. The Morgan fingerprint density at radius 2 is 1.70 bits per heavy atom. The molecule has 0 radical (unpaired) electrons. The van der Waals surface area contributed by atoms with Crippen molar-refractivity contribution in [2.75, 3.05) is 38.5 Å². The molecule has 0 spiro atoms. The molecule has 5 rings (SSSR count). The van der Waals surface area contributed by atoms with E-state index < -0.39 is 5.69 Å². The van der Waals surface area contributed by atoms with Crippen molar-refractivity contribution >= 4 is 22.5 Å². The highest BCUT2D eigenvalue weighted by Crippen LogP contribution is 2.28. The minimum absolute atomic E-state index is 0.170. The first-order valence-corrected chi connectivity index (χ1v) is 14.0. The third kappa shape index (κ3) is 6.08. The Kier molecular flexibility index (Phi) is 8.28. The molecule has 1 amide bonds. The van der Waals surface area contributed by atoms with Gasteiger partial charge in [0.15, 0.2) is 0 Å². The molecule has 4 aromatic rings. The fraction of sp³-hybridized carbons (Fsp3) is 0.344. The van der Waals surface area contributed by atoms with Crippen molar-refractivity contribution in [3.8, 4) is 11.1 Å². The van der Waals surface area contributed by atoms with Gasteiger partial charge in [0.2, 0.25) is 0 Å². The van der Waals surface area contributed by atoms with Gasteiger partial charge in [0, 0.05) is 50.5 Å². The number of hydrogen-bond donors (Lipinski definition) is 2. The number of benzene rings is 3. The Morgan fingerprint density at radius 1 is 0.950 bits per heavy atom. The second-order valence-electron chi connectivity index (χ2n) is 10.8. The highest BCUT2D eigenvalue weighted by atomic mass is 16.2. The maximum Gasteiger partial charge on any atom is 0.328 e. The van der Waals surface area contributed by atoms with E-state index in [2.05, 4.69) is 27.1 Å². The van der Waals surface area contributed by atoms with Crippen LogP contribution in [0.5, 0.6) is 0 Å². The van der Waals surface area contributed by atoms with Crippen molar-refractivity contribution in [2.45, 2.75) is 39.8 Å². The summed E-state index contributed by atoms with van der Waals surface area (Å²) in [7, 11) is 2.15. The number of H-pyrrole nitrogens is 1. The quantitative estimate of drug-likeness (QED) is 0.345. The van der Waals surface area contributed by atoms with E-state index in [9.17, 15) is 14.4 Å². The molecule has 2 heterocycles. The maximum absolute atomic E-state index is 13.0. The maximum atomic E-state index is 13.0. The van der Waals surface area contributed by atoms with Gasteiger partial charge in [-0.3, -0.25) is 19.1 Å². The molecule has 208 valence electrons. The van der Waals surface area contributed by atoms with Gasteiger partial charge in [-0.05, 0) is 79.0 Å². The molecule has 1 saturated heterocycles. The zero-order valence-electron chi connectivity index (χ0n) is 23.5. The Morgan fingerprint density at radius 3 is 2.42 bits per heavy atom. The molecule has 1 aliphatic heterocycles. The number of nitrogens with one attached hydrogen (secondary N) is 2. The second kappa shape index (κ2) is 12.0. The minimum Gasteiger partial charge on any atom is -0.322 e. The summed E-state index contributed by atoms with van der Waals surface area (Å²) in [6, 6.07) is 19.1. The fourth-order valence-corrected chi connectivity index (χ4v) is 5.18. The van der Waals surface area contributed by atoms with Crippen LogP contribution in [-0.2, 0) is 13.1 Å². The van der Waals surface area contributed by atoms with Crippen molar-refractivity contribution in [3.05, 3.63) is 98.2 Å². The number of fused-ring (bicyclic) bond motifs is 1. The van der Waals surface area contributed by atoms with Gasteiger partial charge in [0.1, 0.15) is 0 Å². The topological polar surface area (TPSA) is 90.4 Å². The van der Waals surface area contributed by atoms with Crippen LogP contribution in [0.2, 0.25) is 0 Å². The van der Waals surface area contributed by atoms with Gasteiger partial charge in [-0.2, -0.15) is 0 Å². The first-order chi connectivity index (χ1) is 19.3. The van der Waals surface area contributed by atoms with Crippen LogP contribution in [0.3, 0.4) is 0 Å². The molecule has 40 heavy (non-hydrogen) atoms. The number of nitrogens with zero attached hydrogens (tertiary/aromatic N) is 3. The summed E-state index contributed by atoms with van der Waals surface area (Å²) in [6.07, 6.45) is 1.67. The zero-order valence-corrected chi connectivity index (χ0v) is 23.5. The van der Waals surface area contributed by atoms with Crippen LogP contribution >= 0.6 is 0 Å². The van der Waals surface area contributed by atoms with E-state index in [1.807, 2.05) is 68.4 Å². The van der Waals surface area contributed by atoms with Crippen LogP contribution in [0.4, 0.5) is 5.69 Å². The SMILES string of the molecule is CCCCn1c(=O)[nH]c2cc(-c3cc(NC(=O)c4ccc(CN5CCN(C)CC5)cc4)ccc3C)ccc2c1=O. The smallest absolute Gasteiger partial charge is 0.322 e. The number of amides is 1. The van der Waals surface area contributed by atoms with E-state index in [4.69, 9.17) is 0 Å². The van der Waals surface area contributed by atoms with E-state index in [0.717, 1.165) is 62.3 Å². The van der Waals surface area contributed by atoms with Gasteiger partial charge >= 0.3 is 5.69 Å². The molecular formula is C32H37N5O3. The van der Waals surface area contributed by atoms with Crippen molar-refractivity contribution in [2.24, 2.45) is 0 Å². The van der Waals surface area contributed by atoms with E-state index in [1.54, 1.807) is 6.07 Å².